The summed E-state index contributed by atoms with van der Waals surface area (Å²) in [6.07, 6.45) is 4.46. The molecule has 6 nitrogen and oxygen atoms in total. The maximum Gasteiger partial charge on any atom is 0.309 e. The molecule has 0 aliphatic heterocycles. The van der Waals surface area contributed by atoms with E-state index >= 15 is 0 Å². The number of rotatable bonds is 14. The van der Waals surface area contributed by atoms with E-state index in [0.717, 1.165) is 0 Å². The van der Waals surface area contributed by atoms with Crippen molar-refractivity contribution in [2.24, 2.45) is 10.8 Å². The van der Waals surface area contributed by atoms with Gasteiger partial charge in [-0.25, -0.2) is 0 Å². The Morgan fingerprint density at radius 2 is 0.960 bits per heavy atom. The zero-order chi connectivity index (χ0) is 19.7. The molecule has 4 N–H and O–H groups in total. The van der Waals surface area contributed by atoms with Gasteiger partial charge >= 0.3 is 11.9 Å². The minimum Gasteiger partial charge on any atom is -0.481 e. The van der Waals surface area contributed by atoms with Crippen LogP contribution in [0.5, 0.6) is 0 Å². The molecule has 6 heteroatoms. The Bertz CT molecular complexity index is 378. The van der Waals surface area contributed by atoms with E-state index in [-0.39, 0.29) is 0 Å². The van der Waals surface area contributed by atoms with Crippen LogP contribution in [0.4, 0.5) is 0 Å². The highest BCUT2D eigenvalue weighted by Gasteiger charge is 2.27. The SMILES string of the molecule is CC(C)(CCCC(O)CCCC(O)CCCC(C)(C)C(=O)O)C(=O)O. The van der Waals surface area contributed by atoms with Crippen LogP contribution in [0.3, 0.4) is 0 Å². The second kappa shape index (κ2) is 10.8. The molecule has 0 aromatic rings. The van der Waals surface area contributed by atoms with E-state index in [2.05, 4.69) is 0 Å². The lowest BCUT2D eigenvalue weighted by Gasteiger charge is -2.20. The van der Waals surface area contributed by atoms with Gasteiger partial charge in [0.1, 0.15) is 0 Å². The maximum atomic E-state index is 11.0. The first kappa shape index (κ1) is 23.9. The molecule has 148 valence electrons. The molecule has 2 unspecified atom stereocenters. The number of aliphatic carboxylic acids is 2. The molecule has 0 heterocycles. The van der Waals surface area contributed by atoms with Gasteiger partial charge in [-0.1, -0.05) is 0 Å². The third-order valence-corrected chi connectivity index (χ3v) is 4.91. The Balaban J connectivity index is 3.81. The molecule has 0 rings (SSSR count). The van der Waals surface area contributed by atoms with Crippen LogP contribution in [0.1, 0.15) is 85.5 Å². The van der Waals surface area contributed by atoms with Crippen LogP contribution in [0.15, 0.2) is 0 Å². The summed E-state index contributed by atoms with van der Waals surface area (Å²) in [6, 6.07) is 0. The van der Waals surface area contributed by atoms with Crippen molar-refractivity contribution in [1.82, 2.24) is 0 Å². The summed E-state index contributed by atoms with van der Waals surface area (Å²) in [4.78, 5) is 22.0. The molecule has 0 aromatic carbocycles. The Hall–Kier alpha value is -1.14. The van der Waals surface area contributed by atoms with E-state index in [4.69, 9.17) is 10.2 Å². The lowest BCUT2D eigenvalue weighted by atomic mass is 9.86. The van der Waals surface area contributed by atoms with Crippen LogP contribution in [-0.2, 0) is 9.59 Å². The predicted octanol–water partition coefficient (Wildman–Crippen LogP) is 3.44. The Morgan fingerprint density at radius 3 is 1.24 bits per heavy atom. The van der Waals surface area contributed by atoms with E-state index in [0.29, 0.717) is 57.8 Å². The minimum absolute atomic E-state index is 0.470. The molecule has 0 amide bonds. The van der Waals surface area contributed by atoms with Gasteiger partial charge in [-0.2, -0.15) is 0 Å². The molecule has 0 aliphatic carbocycles. The number of carboxylic acid groups (broad SMARTS) is 2. The largest absolute Gasteiger partial charge is 0.481 e. The molecule has 0 spiro atoms. The zero-order valence-electron chi connectivity index (χ0n) is 16.1. The topological polar surface area (TPSA) is 115 Å². The van der Waals surface area contributed by atoms with E-state index in [1.807, 2.05) is 0 Å². The van der Waals surface area contributed by atoms with E-state index in [1.165, 1.54) is 0 Å². The molecule has 0 aliphatic rings. The molecular weight excluding hydrogens is 324 g/mol. The van der Waals surface area contributed by atoms with Gasteiger partial charge in [0.2, 0.25) is 0 Å². The second-order valence-corrected chi connectivity index (χ2v) is 8.40. The summed E-state index contributed by atoms with van der Waals surface area (Å²) in [7, 11) is 0. The van der Waals surface area contributed by atoms with Gasteiger partial charge in [-0.15, -0.1) is 0 Å². The predicted molar refractivity (Wildman–Crippen MR) is 96.4 cm³/mol. The van der Waals surface area contributed by atoms with Crippen molar-refractivity contribution in [3.63, 3.8) is 0 Å². The van der Waals surface area contributed by atoms with Crippen molar-refractivity contribution >= 4 is 11.9 Å². The van der Waals surface area contributed by atoms with Gasteiger partial charge < -0.3 is 20.4 Å². The Morgan fingerprint density at radius 1 is 0.680 bits per heavy atom. The number of aliphatic hydroxyl groups is 2. The van der Waals surface area contributed by atoms with Crippen LogP contribution in [-0.4, -0.2) is 44.6 Å². The summed E-state index contributed by atoms with van der Waals surface area (Å²) in [5.74, 6) is -1.65. The fraction of sp³-hybridized carbons (Fsp3) is 0.895. The van der Waals surface area contributed by atoms with Gasteiger partial charge in [0.25, 0.3) is 0 Å². The summed E-state index contributed by atoms with van der Waals surface area (Å²) >= 11 is 0. The van der Waals surface area contributed by atoms with E-state index in [1.54, 1.807) is 27.7 Å². The Labute approximate surface area is 151 Å². The third kappa shape index (κ3) is 10.4. The van der Waals surface area contributed by atoms with Crippen LogP contribution in [0.25, 0.3) is 0 Å². The zero-order valence-corrected chi connectivity index (χ0v) is 16.1. The number of aliphatic hydroxyl groups excluding tert-OH is 2. The van der Waals surface area contributed by atoms with Gasteiger partial charge in [-0.05, 0) is 85.5 Å². The summed E-state index contributed by atoms with van der Waals surface area (Å²) < 4.78 is 0. The van der Waals surface area contributed by atoms with Crippen molar-refractivity contribution in [1.29, 1.82) is 0 Å². The fourth-order valence-corrected chi connectivity index (χ4v) is 2.65. The van der Waals surface area contributed by atoms with Crippen molar-refractivity contribution in [2.45, 2.75) is 97.7 Å². The van der Waals surface area contributed by atoms with Crippen LogP contribution < -0.4 is 0 Å². The van der Waals surface area contributed by atoms with Gasteiger partial charge in [0.15, 0.2) is 0 Å². The highest BCUT2D eigenvalue weighted by molar-refractivity contribution is 5.73. The maximum absolute atomic E-state index is 11.0. The summed E-state index contributed by atoms with van der Waals surface area (Å²) in [5.41, 5.74) is -1.53. The minimum atomic E-state index is -0.823. The molecular formula is C19H36O6. The van der Waals surface area contributed by atoms with Crippen molar-refractivity contribution in [3.05, 3.63) is 0 Å². The highest BCUT2D eigenvalue weighted by atomic mass is 16.4. The quantitative estimate of drug-likeness (QED) is 0.377. The molecule has 0 aromatic heterocycles. The van der Waals surface area contributed by atoms with Crippen molar-refractivity contribution in [2.75, 3.05) is 0 Å². The summed E-state index contributed by atoms with van der Waals surface area (Å²) in [5, 5.41) is 38.0. The smallest absolute Gasteiger partial charge is 0.309 e. The second-order valence-electron chi connectivity index (χ2n) is 8.40. The number of carbonyl (C=O) groups is 2. The van der Waals surface area contributed by atoms with E-state index in [9.17, 15) is 19.8 Å². The molecule has 2 atom stereocenters. The molecule has 0 saturated carbocycles. The fourth-order valence-electron chi connectivity index (χ4n) is 2.65. The van der Waals surface area contributed by atoms with Gasteiger partial charge in [-0.3, -0.25) is 9.59 Å². The molecule has 0 saturated heterocycles. The lowest BCUT2D eigenvalue weighted by molar-refractivity contribution is -0.148. The van der Waals surface area contributed by atoms with Gasteiger partial charge in [0, 0.05) is 0 Å². The number of hydrogen-bond donors (Lipinski definition) is 4. The van der Waals surface area contributed by atoms with Crippen LogP contribution in [0.2, 0.25) is 0 Å². The third-order valence-electron chi connectivity index (χ3n) is 4.91. The van der Waals surface area contributed by atoms with Gasteiger partial charge in [0.05, 0.1) is 23.0 Å². The molecule has 0 bridgehead atoms. The molecule has 25 heavy (non-hydrogen) atoms. The summed E-state index contributed by atoms with van der Waals surface area (Å²) in [6.45, 7) is 6.74. The average Bonchev–Trinajstić information content (AvgIpc) is 2.46. The normalized spacial score (nSPS) is 15.0. The first-order valence-corrected chi connectivity index (χ1v) is 9.21. The monoisotopic (exact) mass is 360 g/mol. The van der Waals surface area contributed by atoms with Crippen molar-refractivity contribution in [3.8, 4) is 0 Å². The average molecular weight is 360 g/mol. The van der Waals surface area contributed by atoms with E-state index < -0.39 is 35.0 Å². The lowest BCUT2D eigenvalue weighted by Crippen LogP contribution is -2.24. The molecule has 0 fully saturated rings. The first-order chi connectivity index (χ1) is 11.4. The van der Waals surface area contributed by atoms with Crippen LogP contribution in [0, 0.1) is 10.8 Å². The highest BCUT2D eigenvalue weighted by Crippen LogP contribution is 2.25. The Kier molecular flexibility index (Phi) is 10.3. The standard InChI is InChI=1S/C19H36O6/c1-18(2,16(22)23)12-6-10-14(20)8-5-9-15(21)11-7-13-19(3,4)17(24)25/h14-15,20-21H,5-13H2,1-4H3,(H,22,23)(H,24,25). The molecule has 0 radical (unpaired) electrons. The first-order valence-electron chi connectivity index (χ1n) is 9.21. The van der Waals surface area contributed by atoms with Crippen molar-refractivity contribution < 1.29 is 30.0 Å². The number of carboxylic acids is 2. The van der Waals surface area contributed by atoms with Crippen LogP contribution >= 0.6 is 0 Å². The number of hydrogen-bond acceptors (Lipinski definition) is 4.